The van der Waals surface area contributed by atoms with Crippen LogP contribution in [0.2, 0.25) is 0 Å². The summed E-state index contributed by atoms with van der Waals surface area (Å²) in [6.45, 7) is 5.53. The molecule has 0 spiro atoms. The first-order chi connectivity index (χ1) is 20.7. The monoisotopic (exact) mass is 560 g/mol. The van der Waals surface area contributed by atoms with Crippen LogP contribution in [0, 0.1) is 0 Å². The Kier molecular flexibility index (Phi) is 7.07. The molecule has 42 heavy (non-hydrogen) atoms. The van der Waals surface area contributed by atoms with Gasteiger partial charge in [0.05, 0.1) is 29.9 Å². The van der Waals surface area contributed by atoms with Gasteiger partial charge in [-0.1, -0.05) is 60.7 Å². The number of hydrogen-bond acceptors (Lipinski definition) is 5. The number of benzene rings is 3. The number of rotatable bonds is 9. The smallest absolute Gasteiger partial charge is 0.259 e. The minimum absolute atomic E-state index is 0.385. The normalized spacial score (nSPS) is 16.1. The van der Waals surface area contributed by atoms with Crippen molar-refractivity contribution >= 4 is 44.8 Å². The maximum Gasteiger partial charge on any atom is 0.259 e. The summed E-state index contributed by atoms with van der Waals surface area (Å²) in [6, 6.07) is 23.8. The SMILES string of the molecule is O=C1NC(=O)C(c2cn(CCCN3CCOCC3)c3c(OCc4ccccc4)cccc23)=C1c1c[nH]c2ccccc12. The summed E-state index contributed by atoms with van der Waals surface area (Å²) in [5.74, 6) is -0.0272. The van der Waals surface area contributed by atoms with Gasteiger partial charge in [-0.05, 0) is 24.1 Å². The van der Waals surface area contributed by atoms with E-state index in [2.05, 4.69) is 19.8 Å². The number of aromatic amines is 1. The number of hydrogen-bond donors (Lipinski definition) is 2. The molecule has 1 saturated heterocycles. The number of aryl methyl sites for hydroxylation is 1. The molecule has 2 N–H and O–H groups in total. The fourth-order valence-corrected chi connectivity index (χ4v) is 6.09. The maximum atomic E-state index is 13.4. The molecule has 2 aliphatic heterocycles. The molecule has 5 aromatic rings. The van der Waals surface area contributed by atoms with Crippen LogP contribution < -0.4 is 10.1 Å². The zero-order valence-corrected chi connectivity index (χ0v) is 23.3. The summed E-state index contributed by atoms with van der Waals surface area (Å²) >= 11 is 0. The Balaban J connectivity index is 1.33. The molecule has 0 bridgehead atoms. The Morgan fingerprint density at radius 2 is 1.52 bits per heavy atom. The van der Waals surface area contributed by atoms with E-state index in [4.69, 9.17) is 9.47 Å². The molecule has 3 aromatic carbocycles. The Morgan fingerprint density at radius 1 is 0.786 bits per heavy atom. The van der Waals surface area contributed by atoms with E-state index < -0.39 is 0 Å². The summed E-state index contributed by atoms with van der Waals surface area (Å²) in [6.07, 6.45) is 4.76. The van der Waals surface area contributed by atoms with Crippen molar-refractivity contribution in [3.63, 3.8) is 0 Å². The fraction of sp³-hybridized carbons (Fsp3) is 0.235. The minimum Gasteiger partial charge on any atom is -0.487 e. The zero-order chi connectivity index (χ0) is 28.5. The Bertz CT molecular complexity index is 1810. The van der Waals surface area contributed by atoms with Gasteiger partial charge in [0, 0.05) is 66.0 Å². The number of morpholine rings is 1. The van der Waals surface area contributed by atoms with E-state index in [0.717, 1.165) is 84.5 Å². The molecule has 2 amide bonds. The van der Waals surface area contributed by atoms with Crippen molar-refractivity contribution in [2.75, 3.05) is 32.8 Å². The lowest BCUT2D eigenvalue weighted by molar-refractivity contribution is -0.122. The van der Waals surface area contributed by atoms with Crippen LogP contribution in [0.25, 0.3) is 33.0 Å². The maximum absolute atomic E-state index is 13.4. The second-order valence-electron chi connectivity index (χ2n) is 10.8. The number of carbonyl (C=O) groups is 2. The summed E-state index contributed by atoms with van der Waals surface area (Å²) in [5, 5.41) is 4.34. The number of nitrogens with zero attached hydrogens (tertiary/aromatic N) is 2. The molecule has 2 aromatic heterocycles. The van der Waals surface area contributed by atoms with Gasteiger partial charge in [0.15, 0.2) is 0 Å². The van der Waals surface area contributed by atoms with Gasteiger partial charge in [-0.15, -0.1) is 0 Å². The number of fused-ring (bicyclic) bond motifs is 2. The lowest BCUT2D eigenvalue weighted by Crippen LogP contribution is -2.37. The van der Waals surface area contributed by atoms with Crippen molar-refractivity contribution in [2.45, 2.75) is 19.6 Å². The van der Waals surface area contributed by atoms with Crippen molar-refractivity contribution in [3.8, 4) is 5.75 Å². The minimum atomic E-state index is -0.386. The lowest BCUT2D eigenvalue weighted by atomic mass is 9.95. The average molecular weight is 561 g/mol. The molecule has 0 saturated carbocycles. The third kappa shape index (κ3) is 4.89. The van der Waals surface area contributed by atoms with Gasteiger partial charge in [0.1, 0.15) is 12.4 Å². The van der Waals surface area contributed by atoms with Crippen LogP contribution in [0.4, 0.5) is 0 Å². The molecule has 0 atom stereocenters. The zero-order valence-electron chi connectivity index (χ0n) is 23.3. The summed E-state index contributed by atoms with van der Waals surface area (Å²) in [7, 11) is 0. The topological polar surface area (TPSA) is 88.6 Å². The number of amides is 2. The van der Waals surface area contributed by atoms with Gasteiger partial charge in [-0.2, -0.15) is 0 Å². The molecule has 8 nitrogen and oxygen atoms in total. The number of para-hydroxylation sites is 2. The van der Waals surface area contributed by atoms with E-state index in [-0.39, 0.29) is 11.8 Å². The number of nitrogens with one attached hydrogen (secondary N) is 2. The highest BCUT2D eigenvalue weighted by Gasteiger charge is 2.35. The van der Waals surface area contributed by atoms with E-state index in [9.17, 15) is 9.59 Å². The highest BCUT2D eigenvalue weighted by atomic mass is 16.5. The van der Waals surface area contributed by atoms with E-state index in [1.165, 1.54) is 0 Å². The summed E-state index contributed by atoms with van der Waals surface area (Å²) < 4.78 is 14.1. The molecule has 0 radical (unpaired) electrons. The van der Waals surface area contributed by atoms with Gasteiger partial charge in [0.25, 0.3) is 11.8 Å². The van der Waals surface area contributed by atoms with E-state index in [0.29, 0.717) is 23.3 Å². The summed E-state index contributed by atoms with van der Waals surface area (Å²) in [5.41, 5.74) is 5.13. The van der Waals surface area contributed by atoms with Crippen molar-refractivity contribution in [1.29, 1.82) is 0 Å². The van der Waals surface area contributed by atoms with E-state index >= 15 is 0 Å². The molecule has 1 fully saturated rings. The van der Waals surface area contributed by atoms with Crippen LogP contribution in [0.15, 0.2) is 85.2 Å². The van der Waals surface area contributed by atoms with Gasteiger partial charge in [-0.25, -0.2) is 0 Å². The van der Waals surface area contributed by atoms with Crippen molar-refractivity contribution < 1.29 is 19.1 Å². The highest BCUT2D eigenvalue weighted by Crippen LogP contribution is 2.40. The van der Waals surface area contributed by atoms with E-state index in [1.54, 1.807) is 0 Å². The Hall–Kier alpha value is -4.66. The number of ether oxygens (including phenoxy) is 2. The first-order valence-electron chi connectivity index (χ1n) is 14.4. The molecule has 212 valence electrons. The van der Waals surface area contributed by atoms with Crippen molar-refractivity contribution in [3.05, 3.63) is 102 Å². The number of aromatic nitrogens is 2. The van der Waals surface area contributed by atoms with Crippen LogP contribution in [0.3, 0.4) is 0 Å². The highest BCUT2D eigenvalue weighted by molar-refractivity contribution is 6.50. The second kappa shape index (κ2) is 11.3. The van der Waals surface area contributed by atoms with Crippen LogP contribution in [-0.2, 0) is 27.5 Å². The molecule has 0 aliphatic carbocycles. The number of imide groups is 1. The molecule has 2 aliphatic rings. The third-order valence-corrected chi connectivity index (χ3v) is 8.13. The van der Waals surface area contributed by atoms with E-state index in [1.807, 2.05) is 85.2 Å². The van der Waals surface area contributed by atoms with Gasteiger partial charge in [-0.3, -0.25) is 19.8 Å². The predicted molar refractivity (Wildman–Crippen MR) is 163 cm³/mol. The largest absolute Gasteiger partial charge is 0.487 e. The van der Waals surface area contributed by atoms with Gasteiger partial charge in [0.2, 0.25) is 0 Å². The molecule has 4 heterocycles. The van der Waals surface area contributed by atoms with Crippen LogP contribution in [-0.4, -0.2) is 59.1 Å². The Morgan fingerprint density at radius 3 is 2.36 bits per heavy atom. The molecule has 8 heteroatoms. The molecular formula is C34H32N4O4. The average Bonchev–Trinajstić information content (AvgIpc) is 3.69. The first kappa shape index (κ1) is 26.3. The number of H-pyrrole nitrogens is 1. The summed E-state index contributed by atoms with van der Waals surface area (Å²) in [4.78, 5) is 32.4. The first-order valence-corrected chi connectivity index (χ1v) is 14.4. The van der Waals surface area contributed by atoms with Gasteiger partial charge < -0.3 is 19.0 Å². The second-order valence-corrected chi connectivity index (χ2v) is 10.8. The van der Waals surface area contributed by atoms with Crippen LogP contribution >= 0.6 is 0 Å². The van der Waals surface area contributed by atoms with Gasteiger partial charge >= 0.3 is 0 Å². The Labute approximate surface area is 243 Å². The molecule has 0 unspecified atom stereocenters. The molecule has 7 rings (SSSR count). The van der Waals surface area contributed by atoms with Crippen molar-refractivity contribution in [1.82, 2.24) is 19.8 Å². The molecular weight excluding hydrogens is 528 g/mol. The van der Waals surface area contributed by atoms with Crippen molar-refractivity contribution in [2.24, 2.45) is 0 Å². The predicted octanol–water partition coefficient (Wildman–Crippen LogP) is 4.99. The standard InChI is InChI=1S/C34H32N4O4/c39-33-30(26-20-35-28-12-5-4-10-24(26)28)31(34(40)36-33)27-21-38(15-7-14-37-16-18-41-19-17-37)32-25(27)11-6-13-29(32)42-22-23-8-2-1-3-9-23/h1-6,8-13,20-21,35H,7,14-19,22H2,(H,36,39,40). The van der Waals surface area contributed by atoms with Crippen LogP contribution in [0.5, 0.6) is 5.75 Å². The quantitative estimate of drug-likeness (QED) is 0.248. The fourth-order valence-electron chi connectivity index (χ4n) is 6.09. The number of carbonyl (C=O) groups excluding carboxylic acids is 2. The lowest BCUT2D eigenvalue weighted by Gasteiger charge is -2.26. The third-order valence-electron chi connectivity index (χ3n) is 8.13. The van der Waals surface area contributed by atoms with Crippen LogP contribution in [0.1, 0.15) is 23.1 Å².